The van der Waals surface area contributed by atoms with Crippen molar-refractivity contribution in [3.05, 3.63) is 101 Å². The lowest BCUT2D eigenvalue weighted by Gasteiger charge is -2.18. The van der Waals surface area contributed by atoms with Crippen molar-refractivity contribution < 1.29 is 4.79 Å². The van der Waals surface area contributed by atoms with Gasteiger partial charge in [-0.25, -0.2) is 4.98 Å². The van der Waals surface area contributed by atoms with Gasteiger partial charge < -0.3 is 5.32 Å². The first-order valence-electron chi connectivity index (χ1n) is 8.14. The Labute approximate surface area is 146 Å². The highest BCUT2D eigenvalue weighted by Gasteiger charge is 2.21. The van der Waals surface area contributed by atoms with Crippen molar-refractivity contribution in [2.75, 3.05) is 6.54 Å². The number of benzene rings is 2. The first-order chi connectivity index (χ1) is 12.3. The summed E-state index contributed by atoms with van der Waals surface area (Å²) >= 11 is 0. The lowest BCUT2D eigenvalue weighted by molar-refractivity contribution is -0.121. The van der Waals surface area contributed by atoms with E-state index in [0.717, 1.165) is 11.1 Å². The molecule has 0 saturated heterocycles. The van der Waals surface area contributed by atoms with Crippen LogP contribution in [0.5, 0.6) is 0 Å². The van der Waals surface area contributed by atoms with Crippen LogP contribution in [0.25, 0.3) is 0 Å². The summed E-state index contributed by atoms with van der Waals surface area (Å²) < 4.78 is 1.47. The summed E-state index contributed by atoms with van der Waals surface area (Å²) in [4.78, 5) is 28.4. The number of rotatable bonds is 6. The number of nitrogens with one attached hydrogen (secondary N) is 1. The van der Waals surface area contributed by atoms with Gasteiger partial charge in [-0.05, 0) is 11.1 Å². The van der Waals surface area contributed by atoms with E-state index in [1.54, 1.807) is 0 Å². The van der Waals surface area contributed by atoms with E-state index in [9.17, 15) is 9.59 Å². The Morgan fingerprint density at radius 1 is 0.960 bits per heavy atom. The molecule has 0 spiro atoms. The quantitative estimate of drug-likeness (QED) is 0.752. The van der Waals surface area contributed by atoms with E-state index in [-0.39, 0.29) is 17.4 Å². The summed E-state index contributed by atoms with van der Waals surface area (Å²) in [5, 5.41) is 2.93. The number of carbonyl (C=O) groups excluding carboxylic acids is 1. The molecule has 0 saturated carbocycles. The maximum Gasteiger partial charge on any atom is 0.253 e. The molecule has 1 heterocycles. The number of hydrogen-bond donors (Lipinski definition) is 1. The van der Waals surface area contributed by atoms with Gasteiger partial charge in [-0.15, -0.1) is 0 Å². The Bertz CT molecular complexity index is 836. The average Bonchev–Trinajstić information content (AvgIpc) is 2.65. The van der Waals surface area contributed by atoms with Crippen molar-refractivity contribution in [2.24, 2.45) is 0 Å². The summed E-state index contributed by atoms with van der Waals surface area (Å²) in [7, 11) is 0. The minimum atomic E-state index is -0.381. The van der Waals surface area contributed by atoms with Crippen LogP contribution < -0.4 is 10.9 Å². The van der Waals surface area contributed by atoms with Crippen LogP contribution in [-0.2, 0) is 11.3 Å². The summed E-state index contributed by atoms with van der Waals surface area (Å²) in [6, 6.07) is 20.7. The monoisotopic (exact) mass is 333 g/mol. The highest BCUT2D eigenvalue weighted by molar-refractivity contribution is 5.87. The molecule has 0 aliphatic heterocycles. The molecule has 0 atom stereocenters. The van der Waals surface area contributed by atoms with Gasteiger partial charge in [-0.3, -0.25) is 14.2 Å². The fraction of sp³-hybridized carbons (Fsp3) is 0.150. The molecule has 3 aromatic rings. The molecule has 1 aromatic heterocycles. The highest BCUT2D eigenvalue weighted by Crippen LogP contribution is 2.24. The molecule has 1 amide bonds. The van der Waals surface area contributed by atoms with Crippen LogP contribution in [0.4, 0.5) is 0 Å². The van der Waals surface area contributed by atoms with Gasteiger partial charge in [0.25, 0.3) is 5.56 Å². The number of amides is 1. The van der Waals surface area contributed by atoms with Crippen LogP contribution in [0.15, 0.2) is 84.0 Å². The Kier molecular flexibility index (Phi) is 5.36. The van der Waals surface area contributed by atoms with Crippen molar-refractivity contribution in [3.63, 3.8) is 0 Å². The maximum atomic E-state index is 12.8. The second-order valence-corrected chi connectivity index (χ2v) is 5.66. The summed E-state index contributed by atoms with van der Waals surface area (Å²) in [6.07, 6.45) is 2.93. The molecule has 5 nitrogen and oxygen atoms in total. The normalized spacial score (nSPS) is 10.6. The topological polar surface area (TPSA) is 64.0 Å². The molecule has 0 radical (unpaired) electrons. The second-order valence-electron chi connectivity index (χ2n) is 5.66. The van der Waals surface area contributed by atoms with Gasteiger partial charge in [0.1, 0.15) is 0 Å². The zero-order chi connectivity index (χ0) is 17.5. The Morgan fingerprint density at radius 3 is 2.12 bits per heavy atom. The van der Waals surface area contributed by atoms with Crippen molar-refractivity contribution in [3.8, 4) is 0 Å². The third kappa shape index (κ3) is 4.20. The minimum Gasteiger partial charge on any atom is -0.353 e. The van der Waals surface area contributed by atoms with Crippen molar-refractivity contribution >= 4 is 5.91 Å². The van der Waals surface area contributed by atoms with Crippen molar-refractivity contribution in [1.29, 1.82) is 0 Å². The van der Waals surface area contributed by atoms with E-state index in [1.807, 2.05) is 60.7 Å². The lowest BCUT2D eigenvalue weighted by atomic mass is 9.90. The first-order valence-corrected chi connectivity index (χ1v) is 8.14. The Balaban J connectivity index is 1.74. The molecular formula is C20H19N3O2. The predicted octanol–water partition coefficient (Wildman–Crippen LogP) is 2.19. The molecule has 0 bridgehead atoms. The SMILES string of the molecule is O=C(NCCn1cnccc1=O)C(c1ccccc1)c1ccccc1. The zero-order valence-electron chi connectivity index (χ0n) is 13.7. The van der Waals surface area contributed by atoms with Gasteiger partial charge in [-0.2, -0.15) is 0 Å². The molecule has 2 aromatic carbocycles. The van der Waals surface area contributed by atoms with Crippen LogP contribution >= 0.6 is 0 Å². The van der Waals surface area contributed by atoms with Gasteiger partial charge in [-0.1, -0.05) is 60.7 Å². The minimum absolute atomic E-state index is 0.0886. The molecule has 126 valence electrons. The summed E-state index contributed by atoms with van der Waals surface area (Å²) in [5.74, 6) is -0.470. The largest absolute Gasteiger partial charge is 0.353 e. The fourth-order valence-corrected chi connectivity index (χ4v) is 2.73. The zero-order valence-corrected chi connectivity index (χ0v) is 13.7. The lowest BCUT2D eigenvalue weighted by Crippen LogP contribution is -2.34. The molecular weight excluding hydrogens is 314 g/mol. The maximum absolute atomic E-state index is 12.8. The standard InChI is InChI=1S/C20H19N3O2/c24-18-11-12-21-15-23(18)14-13-22-20(25)19(16-7-3-1-4-8-16)17-9-5-2-6-10-17/h1-12,15,19H,13-14H2,(H,22,25). The van der Waals surface area contributed by atoms with Crippen LogP contribution in [0, 0.1) is 0 Å². The molecule has 25 heavy (non-hydrogen) atoms. The number of carbonyl (C=O) groups is 1. The molecule has 5 heteroatoms. The van der Waals surface area contributed by atoms with Gasteiger partial charge >= 0.3 is 0 Å². The predicted molar refractivity (Wildman–Crippen MR) is 96.2 cm³/mol. The summed E-state index contributed by atoms with van der Waals surface area (Å²) in [5.41, 5.74) is 1.74. The molecule has 0 aliphatic carbocycles. The summed E-state index contributed by atoms with van der Waals surface area (Å²) in [6.45, 7) is 0.745. The average molecular weight is 333 g/mol. The number of nitrogens with zero attached hydrogens (tertiary/aromatic N) is 2. The van der Waals surface area contributed by atoms with Gasteiger partial charge in [0, 0.05) is 25.4 Å². The highest BCUT2D eigenvalue weighted by atomic mass is 16.2. The van der Waals surface area contributed by atoms with Crippen LogP contribution in [-0.4, -0.2) is 22.0 Å². The van der Waals surface area contributed by atoms with Crippen LogP contribution in [0.3, 0.4) is 0 Å². The van der Waals surface area contributed by atoms with E-state index < -0.39 is 0 Å². The third-order valence-corrected chi connectivity index (χ3v) is 3.97. The van der Waals surface area contributed by atoms with Gasteiger partial charge in [0.15, 0.2) is 0 Å². The van der Waals surface area contributed by atoms with E-state index in [0.29, 0.717) is 13.1 Å². The van der Waals surface area contributed by atoms with Crippen molar-refractivity contribution in [1.82, 2.24) is 14.9 Å². The van der Waals surface area contributed by atoms with E-state index in [1.165, 1.54) is 23.2 Å². The van der Waals surface area contributed by atoms with Crippen molar-refractivity contribution in [2.45, 2.75) is 12.5 Å². The molecule has 0 aliphatic rings. The fourth-order valence-electron chi connectivity index (χ4n) is 2.73. The Morgan fingerprint density at radius 2 is 1.56 bits per heavy atom. The van der Waals surface area contributed by atoms with E-state index >= 15 is 0 Å². The van der Waals surface area contributed by atoms with E-state index in [2.05, 4.69) is 10.3 Å². The molecule has 0 unspecified atom stereocenters. The molecule has 3 rings (SSSR count). The van der Waals surface area contributed by atoms with Gasteiger partial charge in [0.05, 0.1) is 12.2 Å². The second kappa shape index (κ2) is 8.06. The van der Waals surface area contributed by atoms with Crippen LogP contribution in [0.1, 0.15) is 17.0 Å². The Hall–Kier alpha value is -3.21. The smallest absolute Gasteiger partial charge is 0.253 e. The number of hydrogen-bond acceptors (Lipinski definition) is 3. The van der Waals surface area contributed by atoms with E-state index in [4.69, 9.17) is 0 Å². The number of aromatic nitrogens is 2. The van der Waals surface area contributed by atoms with Gasteiger partial charge in [0.2, 0.25) is 5.91 Å². The molecule has 0 fully saturated rings. The van der Waals surface area contributed by atoms with Crippen LogP contribution in [0.2, 0.25) is 0 Å². The molecule has 1 N–H and O–H groups in total. The third-order valence-electron chi connectivity index (χ3n) is 3.97. The first kappa shape index (κ1) is 16.6.